The minimum atomic E-state index is -1.29. The SMILES string of the molecule is Cc1ccc(C(C(=O)NCc2ccccc2)N(C(=O)c2snc(C(N)=O)c2N)c2ccc(F)cc2)o1. The van der Waals surface area contributed by atoms with Crippen LogP contribution in [0.5, 0.6) is 0 Å². The number of nitrogen functional groups attached to an aromatic ring is 1. The van der Waals surface area contributed by atoms with Crippen molar-refractivity contribution in [1.82, 2.24) is 9.69 Å². The number of nitrogens with zero attached hydrogens (tertiary/aromatic N) is 2. The Hall–Kier alpha value is -4.51. The molecule has 2 heterocycles. The predicted molar refractivity (Wildman–Crippen MR) is 133 cm³/mol. The number of amides is 3. The van der Waals surface area contributed by atoms with Gasteiger partial charge in [-0.2, -0.15) is 4.37 Å². The molecule has 3 amide bonds. The third-order valence-corrected chi connectivity index (χ3v) is 6.18. The topological polar surface area (TPSA) is 145 Å². The Kier molecular flexibility index (Phi) is 7.11. The van der Waals surface area contributed by atoms with Gasteiger partial charge in [0.15, 0.2) is 11.7 Å². The van der Waals surface area contributed by atoms with Gasteiger partial charge in [0.25, 0.3) is 17.7 Å². The van der Waals surface area contributed by atoms with E-state index in [1.165, 1.54) is 12.1 Å². The first-order chi connectivity index (χ1) is 17.3. The first-order valence-electron chi connectivity index (χ1n) is 10.8. The van der Waals surface area contributed by atoms with Gasteiger partial charge in [-0.15, -0.1) is 0 Å². The lowest BCUT2D eigenvalue weighted by Gasteiger charge is -2.29. The van der Waals surface area contributed by atoms with Gasteiger partial charge in [0.05, 0.1) is 5.69 Å². The number of halogens is 1. The van der Waals surface area contributed by atoms with Gasteiger partial charge < -0.3 is 21.2 Å². The Balaban J connectivity index is 1.80. The molecule has 0 saturated heterocycles. The molecule has 4 rings (SSSR count). The zero-order valence-corrected chi connectivity index (χ0v) is 19.9. The van der Waals surface area contributed by atoms with Gasteiger partial charge in [-0.1, -0.05) is 30.3 Å². The normalized spacial score (nSPS) is 11.6. The van der Waals surface area contributed by atoms with E-state index in [1.807, 2.05) is 30.3 Å². The summed E-state index contributed by atoms with van der Waals surface area (Å²) >= 11 is 0.675. The first kappa shape index (κ1) is 24.6. The number of nitrogens with one attached hydrogen (secondary N) is 1. The van der Waals surface area contributed by atoms with Gasteiger partial charge in [-0.3, -0.25) is 19.3 Å². The molecule has 0 radical (unpaired) electrons. The summed E-state index contributed by atoms with van der Waals surface area (Å²) in [5.41, 5.74) is 11.9. The van der Waals surface area contributed by atoms with Gasteiger partial charge in [0.1, 0.15) is 22.2 Å². The van der Waals surface area contributed by atoms with Gasteiger partial charge in [-0.25, -0.2) is 4.39 Å². The molecular formula is C25H22FN5O4S. The molecule has 0 bridgehead atoms. The predicted octanol–water partition coefficient (Wildman–Crippen LogP) is 3.57. The average molecular weight is 508 g/mol. The van der Waals surface area contributed by atoms with E-state index in [0.29, 0.717) is 17.3 Å². The number of hydrogen-bond acceptors (Lipinski definition) is 7. The molecule has 1 atom stereocenters. The van der Waals surface area contributed by atoms with Crippen molar-refractivity contribution >= 4 is 40.6 Å². The van der Waals surface area contributed by atoms with Crippen LogP contribution in [-0.2, 0) is 11.3 Å². The number of hydrogen-bond donors (Lipinski definition) is 3. The summed E-state index contributed by atoms with van der Waals surface area (Å²) in [7, 11) is 0. The fourth-order valence-corrected chi connectivity index (χ4v) is 4.32. The summed E-state index contributed by atoms with van der Waals surface area (Å²) in [6.45, 7) is 1.89. The summed E-state index contributed by atoms with van der Waals surface area (Å²) in [6, 6.07) is 16.2. The Morgan fingerprint density at radius 2 is 1.78 bits per heavy atom. The van der Waals surface area contributed by atoms with E-state index in [-0.39, 0.29) is 34.3 Å². The number of furan rings is 1. The maximum Gasteiger partial charge on any atom is 0.273 e. The molecule has 0 aliphatic carbocycles. The van der Waals surface area contributed by atoms with E-state index in [4.69, 9.17) is 15.9 Å². The lowest BCUT2D eigenvalue weighted by Crippen LogP contribution is -2.43. The van der Waals surface area contributed by atoms with E-state index in [9.17, 15) is 18.8 Å². The van der Waals surface area contributed by atoms with Crippen molar-refractivity contribution in [2.75, 3.05) is 10.6 Å². The van der Waals surface area contributed by atoms with Crippen LogP contribution in [0.1, 0.15) is 43.3 Å². The average Bonchev–Trinajstić information content (AvgIpc) is 3.47. The van der Waals surface area contributed by atoms with Crippen molar-refractivity contribution in [1.29, 1.82) is 0 Å². The highest BCUT2D eigenvalue weighted by molar-refractivity contribution is 7.09. The van der Waals surface area contributed by atoms with Crippen LogP contribution in [0.25, 0.3) is 0 Å². The molecule has 0 fully saturated rings. The van der Waals surface area contributed by atoms with Crippen molar-refractivity contribution in [2.45, 2.75) is 19.5 Å². The minimum absolute atomic E-state index is 0.0998. The molecule has 9 nitrogen and oxygen atoms in total. The second kappa shape index (κ2) is 10.4. The number of aryl methyl sites for hydroxylation is 1. The standard InChI is InChI=1S/C25H22FN5O4S/c1-14-7-12-18(35-14)21(24(33)29-13-15-5-3-2-4-6-15)31(17-10-8-16(26)9-11-17)25(34)22-19(27)20(23(28)32)30-36-22/h2-12,21H,13,27H2,1H3,(H2,28,32)(H,29,33). The summed E-state index contributed by atoms with van der Waals surface area (Å²) in [4.78, 5) is 40.1. The highest BCUT2D eigenvalue weighted by Crippen LogP contribution is 2.34. The molecule has 11 heteroatoms. The first-order valence-corrected chi connectivity index (χ1v) is 11.6. The Bertz CT molecular complexity index is 1400. The quantitative estimate of drug-likeness (QED) is 0.333. The van der Waals surface area contributed by atoms with E-state index in [0.717, 1.165) is 22.6 Å². The zero-order valence-electron chi connectivity index (χ0n) is 19.1. The maximum absolute atomic E-state index is 13.8. The van der Waals surface area contributed by atoms with Gasteiger partial charge in [0.2, 0.25) is 0 Å². The minimum Gasteiger partial charge on any atom is -0.464 e. The van der Waals surface area contributed by atoms with Crippen molar-refractivity contribution in [3.8, 4) is 0 Å². The number of carbonyl (C=O) groups excluding carboxylic acids is 3. The molecule has 4 aromatic rings. The van der Waals surface area contributed by atoms with E-state index in [2.05, 4.69) is 9.69 Å². The van der Waals surface area contributed by atoms with Gasteiger partial charge in [0, 0.05) is 12.2 Å². The molecule has 0 saturated carbocycles. The van der Waals surface area contributed by atoms with E-state index in [1.54, 1.807) is 19.1 Å². The molecule has 184 valence electrons. The second-order valence-electron chi connectivity index (χ2n) is 7.84. The van der Waals surface area contributed by atoms with E-state index < -0.39 is 29.6 Å². The number of primary amides is 1. The van der Waals surface area contributed by atoms with Gasteiger partial charge >= 0.3 is 0 Å². The number of carbonyl (C=O) groups is 3. The summed E-state index contributed by atoms with van der Waals surface area (Å²) < 4.78 is 23.4. The zero-order chi connectivity index (χ0) is 25.8. The van der Waals surface area contributed by atoms with Crippen molar-refractivity contribution in [2.24, 2.45) is 5.73 Å². The van der Waals surface area contributed by atoms with Crippen LogP contribution in [0.15, 0.2) is 71.1 Å². The van der Waals surface area contributed by atoms with Crippen LogP contribution in [0, 0.1) is 12.7 Å². The monoisotopic (exact) mass is 507 g/mol. The number of aromatic nitrogens is 1. The molecule has 2 aromatic carbocycles. The fraction of sp³-hybridized carbons (Fsp3) is 0.120. The number of nitrogens with two attached hydrogens (primary N) is 2. The lowest BCUT2D eigenvalue weighted by molar-refractivity contribution is -0.123. The number of benzene rings is 2. The Labute approximate surface area is 209 Å². The maximum atomic E-state index is 13.8. The Morgan fingerprint density at radius 3 is 2.36 bits per heavy atom. The van der Waals surface area contributed by atoms with Crippen LogP contribution in [0.2, 0.25) is 0 Å². The molecule has 2 aromatic heterocycles. The van der Waals surface area contributed by atoms with E-state index >= 15 is 0 Å². The summed E-state index contributed by atoms with van der Waals surface area (Å²) in [5.74, 6) is -2.02. The molecule has 36 heavy (non-hydrogen) atoms. The van der Waals surface area contributed by atoms with Gasteiger partial charge in [-0.05, 0) is 60.4 Å². The highest BCUT2D eigenvalue weighted by Gasteiger charge is 2.37. The largest absolute Gasteiger partial charge is 0.464 e. The molecule has 1 unspecified atom stereocenters. The van der Waals surface area contributed by atoms with Crippen LogP contribution < -0.4 is 21.7 Å². The van der Waals surface area contributed by atoms with Crippen molar-refractivity contribution < 1.29 is 23.2 Å². The second-order valence-corrected chi connectivity index (χ2v) is 8.62. The molecular weight excluding hydrogens is 485 g/mol. The molecule has 0 aliphatic heterocycles. The highest BCUT2D eigenvalue weighted by atomic mass is 32.1. The fourth-order valence-electron chi connectivity index (χ4n) is 3.58. The van der Waals surface area contributed by atoms with Crippen LogP contribution in [-0.4, -0.2) is 22.1 Å². The lowest BCUT2D eigenvalue weighted by atomic mass is 10.1. The van der Waals surface area contributed by atoms with Crippen LogP contribution in [0.4, 0.5) is 15.8 Å². The third-order valence-electron chi connectivity index (χ3n) is 5.33. The van der Waals surface area contributed by atoms with Crippen molar-refractivity contribution in [3.05, 3.63) is 100 Å². The molecule has 0 spiro atoms. The van der Waals surface area contributed by atoms with Crippen molar-refractivity contribution in [3.63, 3.8) is 0 Å². The van der Waals surface area contributed by atoms with Crippen LogP contribution >= 0.6 is 11.5 Å². The smallest absolute Gasteiger partial charge is 0.273 e. The number of anilines is 2. The van der Waals surface area contributed by atoms with Crippen LogP contribution in [0.3, 0.4) is 0 Å². The molecule has 0 aliphatic rings. The summed E-state index contributed by atoms with van der Waals surface area (Å²) in [5, 5.41) is 2.83. The molecule has 5 N–H and O–H groups in total. The number of rotatable bonds is 8. The third kappa shape index (κ3) is 5.10. The Morgan fingerprint density at radius 1 is 1.08 bits per heavy atom. The summed E-state index contributed by atoms with van der Waals surface area (Å²) in [6.07, 6.45) is 0.